The predicted octanol–water partition coefficient (Wildman–Crippen LogP) is 3.67. The molecule has 3 aromatic rings. The molecule has 0 spiro atoms. The van der Waals surface area contributed by atoms with Crippen LogP contribution in [0.25, 0.3) is 11.3 Å². The van der Waals surface area contributed by atoms with Crippen LogP contribution in [0.2, 0.25) is 0 Å². The number of nitrogens with one attached hydrogen (secondary N) is 1. The first-order valence-corrected chi connectivity index (χ1v) is 8.76. The first-order chi connectivity index (χ1) is 14.5. The lowest BCUT2D eigenvalue weighted by molar-refractivity contribution is -0.384. The topological polar surface area (TPSA) is 126 Å². The number of hydrogen-bond donors (Lipinski definition) is 1. The van der Waals surface area contributed by atoms with Gasteiger partial charge in [-0.3, -0.25) is 10.1 Å². The molecule has 0 amide bonds. The summed E-state index contributed by atoms with van der Waals surface area (Å²) in [5.41, 5.74) is 1.25. The fraction of sp³-hybridized carbons (Fsp3) is 0.200. The Bertz CT molecular complexity index is 1060. The zero-order valence-electron chi connectivity index (χ0n) is 16.5. The van der Waals surface area contributed by atoms with Gasteiger partial charge in [-0.1, -0.05) is 5.16 Å². The standard InChI is InChI=1S/C20H19N3O7/c1-27-15-9-6-13(16(10-15)28-2)11-21-19-17(20(24)29-3)18(30-22-19)12-4-7-14(8-5-12)23(25)26/h4-10H,11H2,1-3H3,(H,21,22). The van der Waals surface area contributed by atoms with E-state index in [0.717, 1.165) is 5.56 Å². The molecule has 1 aromatic heterocycles. The van der Waals surface area contributed by atoms with Crippen molar-refractivity contribution in [3.8, 4) is 22.8 Å². The number of nitro benzene ring substituents is 1. The van der Waals surface area contributed by atoms with Crippen molar-refractivity contribution in [2.45, 2.75) is 6.54 Å². The molecule has 0 unspecified atom stereocenters. The molecule has 2 aromatic carbocycles. The normalized spacial score (nSPS) is 10.4. The Hall–Kier alpha value is -4.08. The third-order valence-corrected chi connectivity index (χ3v) is 4.36. The molecule has 10 heteroatoms. The van der Waals surface area contributed by atoms with E-state index in [0.29, 0.717) is 17.1 Å². The summed E-state index contributed by atoms with van der Waals surface area (Å²) in [6.45, 7) is 0.281. The number of ether oxygens (including phenoxy) is 3. The average Bonchev–Trinajstić information content (AvgIpc) is 3.20. The Morgan fingerprint density at radius 2 is 1.87 bits per heavy atom. The first-order valence-electron chi connectivity index (χ1n) is 8.76. The smallest absolute Gasteiger partial charge is 0.345 e. The minimum Gasteiger partial charge on any atom is -0.497 e. The highest BCUT2D eigenvalue weighted by atomic mass is 16.6. The summed E-state index contributed by atoms with van der Waals surface area (Å²) in [5, 5.41) is 17.8. The van der Waals surface area contributed by atoms with E-state index in [-0.39, 0.29) is 29.4 Å². The summed E-state index contributed by atoms with van der Waals surface area (Å²) >= 11 is 0. The van der Waals surface area contributed by atoms with Gasteiger partial charge in [-0.25, -0.2) is 4.79 Å². The Balaban J connectivity index is 1.91. The van der Waals surface area contributed by atoms with E-state index in [1.807, 2.05) is 6.07 Å². The Kier molecular flexibility index (Phi) is 6.16. The van der Waals surface area contributed by atoms with Gasteiger partial charge in [0.05, 0.1) is 26.3 Å². The fourth-order valence-corrected chi connectivity index (χ4v) is 2.81. The number of hydrogen-bond acceptors (Lipinski definition) is 9. The zero-order valence-corrected chi connectivity index (χ0v) is 16.5. The summed E-state index contributed by atoms with van der Waals surface area (Å²) < 4.78 is 20.8. The number of rotatable bonds is 8. The highest BCUT2D eigenvalue weighted by Gasteiger charge is 2.25. The summed E-state index contributed by atoms with van der Waals surface area (Å²) in [6.07, 6.45) is 0. The number of anilines is 1. The molecule has 1 N–H and O–H groups in total. The van der Waals surface area contributed by atoms with E-state index in [2.05, 4.69) is 10.5 Å². The molecule has 0 aliphatic rings. The molecule has 10 nitrogen and oxygen atoms in total. The van der Waals surface area contributed by atoms with Crippen LogP contribution in [0.15, 0.2) is 47.0 Å². The van der Waals surface area contributed by atoms with Crippen LogP contribution in [0.1, 0.15) is 15.9 Å². The lowest BCUT2D eigenvalue weighted by atomic mass is 10.1. The van der Waals surface area contributed by atoms with E-state index in [9.17, 15) is 14.9 Å². The minimum absolute atomic E-state index is 0.0807. The van der Waals surface area contributed by atoms with Crippen LogP contribution in [0.3, 0.4) is 0 Å². The molecule has 0 bridgehead atoms. The van der Waals surface area contributed by atoms with Crippen molar-refractivity contribution < 1.29 is 28.5 Å². The molecule has 156 valence electrons. The van der Waals surface area contributed by atoms with E-state index >= 15 is 0 Å². The highest BCUT2D eigenvalue weighted by molar-refractivity contribution is 6.00. The van der Waals surface area contributed by atoms with Gasteiger partial charge in [0.25, 0.3) is 5.69 Å². The number of aromatic nitrogens is 1. The summed E-state index contributed by atoms with van der Waals surface area (Å²) in [6, 6.07) is 10.9. The van der Waals surface area contributed by atoms with Crippen LogP contribution in [0.4, 0.5) is 11.5 Å². The van der Waals surface area contributed by atoms with Gasteiger partial charge in [-0.15, -0.1) is 0 Å². The zero-order chi connectivity index (χ0) is 21.7. The molecular weight excluding hydrogens is 394 g/mol. The van der Waals surface area contributed by atoms with Gasteiger partial charge in [0.1, 0.15) is 11.5 Å². The predicted molar refractivity (Wildman–Crippen MR) is 107 cm³/mol. The maximum Gasteiger partial charge on any atom is 0.345 e. The van der Waals surface area contributed by atoms with Gasteiger partial charge in [0.15, 0.2) is 17.1 Å². The van der Waals surface area contributed by atoms with Crippen LogP contribution < -0.4 is 14.8 Å². The van der Waals surface area contributed by atoms with Gasteiger partial charge in [-0.2, -0.15) is 0 Å². The maximum absolute atomic E-state index is 12.4. The molecule has 0 aliphatic carbocycles. The highest BCUT2D eigenvalue weighted by Crippen LogP contribution is 2.32. The second-order valence-electron chi connectivity index (χ2n) is 6.06. The maximum atomic E-state index is 12.4. The minimum atomic E-state index is -0.659. The largest absolute Gasteiger partial charge is 0.497 e. The number of non-ortho nitro benzene ring substituents is 1. The van der Waals surface area contributed by atoms with Gasteiger partial charge in [-0.05, 0) is 24.3 Å². The van der Waals surface area contributed by atoms with Gasteiger partial charge >= 0.3 is 5.97 Å². The van der Waals surface area contributed by atoms with Gasteiger partial charge < -0.3 is 24.1 Å². The molecule has 30 heavy (non-hydrogen) atoms. The number of nitrogens with zero attached hydrogens (tertiary/aromatic N) is 2. The third-order valence-electron chi connectivity index (χ3n) is 4.36. The van der Waals surface area contributed by atoms with Crippen molar-refractivity contribution in [2.75, 3.05) is 26.6 Å². The van der Waals surface area contributed by atoms with Crippen molar-refractivity contribution in [1.29, 1.82) is 0 Å². The van der Waals surface area contributed by atoms with Gasteiger partial charge in [0, 0.05) is 35.9 Å². The molecule has 3 rings (SSSR count). The summed E-state index contributed by atoms with van der Waals surface area (Å²) in [7, 11) is 4.34. The number of methoxy groups -OCH3 is 3. The quantitative estimate of drug-likeness (QED) is 0.334. The van der Waals surface area contributed by atoms with Crippen LogP contribution in [0, 0.1) is 10.1 Å². The molecule has 0 aliphatic heterocycles. The second kappa shape index (κ2) is 8.95. The van der Waals surface area contributed by atoms with E-state index in [4.69, 9.17) is 18.7 Å². The second-order valence-corrected chi connectivity index (χ2v) is 6.06. The summed E-state index contributed by atoms with van der Waals surface area (Å²) in [4.78, 5) is 22.7. The molecular formula is C20H19N3O7. The molecule has 0 saturated carbocycles. The average molecular weight is 413 g/mol. The molecule has 0 radical (unpaired) electrons. The first kappa shape index (κ1) is 20.6. The van der Waals surface area contributed by atoms with Gasteiger partial charge in [0.2, 0.25) is 0 Å². The van der Waals surface area contributed by atoms with E-state index in [1.165, 1.54) is 31.4 Å². The Labute approximate surface area is 171 Å². The molecule has 0 saturated heterocycles. The Morgan fingerprint density at radius 1 is 1.13 bits per heavy atom. The van der Waals surface area contributed by atoms with E-state index < -0.39 is 10.9 Å². The molecule has 0 atom stereocenters. The number of carbonyl (C=O) groups excluding carboxylic acids is 1. The molecule has 0 fully saturated rings. The van der Waals surface area contributed by atoms with Crippen molar-refractivity contribution in [1.82, 2.24) is 5.16 Å². The number of esters is 1. The number of benzene rings is 2. The van der Waals surface area contributed by atoms with Crippen LogP contribution in [-0.2, 0) is 11.3 Å². The summed E-state index contributed by atoms with van der Waals surface area (Å²) in [5.74, 6) is 0.899. The SMILES string of the molecule is COC(=O)c1c(NCc2ccc(OC)cc2OC)noc1-c1ccc([N+](=O)[O-])cc1. The molecule has 1 heterocycles. The number of nitro groups is 1. The van der Waals surface area contributed by atoms with Crippen molar-refractivity contribution >= 4 is 17.5 Å². The van der Waals surface area contributed by atoms with Crippen LogP contribution >= 0.6 is 0 Å². The monoisotopic (exact) mass is 413 g/mol. The lowest BCUT2D eigenvalue weighted by Crippen LogP contribution is -2.09. The van der Waals surface area contributed by atoms with Crippen LogP contribution in [-0.4, -0.2) is 37.4 Å². The van der Waals surface area contributed by atoms with E-state index in [1.54, 1.807) is 26.4 Å². The lowest BCUT2D eigenvalue weighted by Gasteiger charge is -2.11. The Morgan fingerprint density at radius 3 is 2.47 bits per heavy atom. The van der Waals surface area contributed by atoms with Crippen molar-refractivity contribution in [3.63, 3.8) is 0 Å². The fourth-order valence-electron chi connectivity index (χ4n) is 2.81. The van der Waals surface area contributed by atoms with Crippen molar-refractivity contribution in [3.05, 3.63) is 63.7 Å². The third kappa shape index (κ3) is 4.17. The van der Waals surface area contributed by atoms with Crippen LogP contribution in [0.5, 0.6) is 11.5 Å². The van der Waals surface area contributed by atoms with Crippen molar-refractivity contribution in [2.24, 2.45) is 0 Å². The number of carbonyl (C=O) groups is 1.